The quantitative estimate of drug-likeness (QED) is 0.328. The number of aliphatic carboxylic acids is 1. The van der Waals surface area contributed by atoms with E-state index >= 15 is 0 Å². The van der Waals surface area contributed by atoms with Gasteiger partial charge in [-0.25, -0.2) is 5.43 Å². The lowest BCUT2D eigenvalue weighted by molar-refractivity contribution is -0.138. The summed E-state index contributed by atoms with van der Waals surface area (Å²) in [5.74, 6) is -2.62. The molecule has 13 heteroatoms. The summed E-state index contributed by atoms with van der Waals surface area (Å²) < 4.78 is 38.3. The highest BCUT2D eigenvalue weighted by Crippen LogP contribution is 2.42. The monoisotopic (exact) mass is 513 g/mol. The van der Waals surface area contributed by atoms with Gasteiger partial charge in [0.05, 0.1) is 26.1 Å². The van der Waals surface area contributed by atoms with E-state index in [2.05, 4.69) is 15.8 Å². The molecule has 2 amide bonds. The van der Waals surface area contributed by atoms with Crippen molar-refractivity contribution in [2.24, 2.45) is 11.0 Å². The molecule has 180 valence electrons. The first kappa shape index (κ1) is 25.3. The van der Waals surface area contributed by atoms with Gasteiger partial charge >= 0.3 is 12.1 Å². The minimum Gasteiger partial charge on any atom is -0.510 e. The molecule has 2 aromatic rings. The van der Waals surface area contributed by atoms with Crippen molar-refractivity contribution >= 4 is 51.5 Å². The van der Waals surface area contributed by atoms with E-state index in [9.17, 15) is 32.7 Å². The number of amides is 2. The summed E-state index contributed by atoms with van der Waals surface area (Å²) in [6.07, 6.45) is -4.45. The fourth-order valence-corrected chi connectivity index (χ4v) is 5.07. The van der Waals surface area contributed by atoms with Crippen LogP contribution in [0.3, 0.4) is 0 Å². The number of nitrogens with one attached hydrogen (secondary N) is 2. The third-order valence-corrected chi connectivity index (χ3v) is 7.04. The van der Waals surface area contributed by atoms with Crippen LogP contribution in [-0.4, -0.2) is 46.0 Å². The van der Waals surface area contributed by atoms with Gasteiger partial charge in [-0.3, -0.25) is 14.4 Å². The van der Waals surface area contributed by atoms with E-state index in [-0.39, 0.29) is 15.5 Å². The third kappa shape index (κ3) is 5.97. The predicted octanol–water partition coefficient (Wildman–Crippen LogP) is 3.98. The summed E-state index contributed by atoms with van der Waals surface area (Å²) in [6.45, 7) is 1.04. The average Bonchev–Trinajstić information content (AvgIpc) is 3.42. The van der Waals surface area contributed by atoms with Crippen LogP contribution in [0.5, 0.6) is 0 Å². The highest BCUT2D eigenvalue weighted by atomic mass is 32.2. The number of alkyl halides is 3. The van der Waals surface area contributed by atoms with Gasteiger partial charge < -0.3 is 15.5 Å². The predicted molar refractivity (Wildman–Crippen MR) is 122 cm³/mol. The normalized spacial score (nSPS) is 16.5. The molecule has 2 heterocycles. The topological polar surface area (TPSA) is 128 Å². The molecule has 0 radical (unpaired) electrons. The van der Waals surface area contributed by atoms with Crippen LogP contribution < -0.4 is 10.7 Å². The van der Waals surface area contributed by atoms with Crippen LogP contribution in [-0.2, 0) is 11.0 Å². The Labute approximate surface area is 199 Å². The van der Waals surface area contributed by atoms with Gasteiger partial charge in [0.25, 0.3) is 11.8 Å². The van der Waals surface area contributed by atoms with Crippen LogP contribution in [0.15, 0.2) is 47.3 Å². The molecular weight excluding hydrogens is 495 g/mol. The number of hydrogen-bond acceptors (Lipinski definition) is 7. The number of rotatable bonds is 7. The van der Waals surface area contributed by atoms with Crippen LogP contribution in [0.2, 0.25) is 0 Å². The lowest BCUT2D eigenvalue weighted by Gasteiger charge is -2.10. The summed E-state index contributed by atoms with van der Waals surface area (Å²) in [5, 5.41) is 25.4. The summed E-state index contributed by atoms with van der Waals surface area (Å²) in [7, 11) is 0. The molecule has 0 aliphatic carbocycles. The Bertz CT molecular complexity index is 1170. The number of thioether (sulfide) groups is 1. The number of hydrazone groups is 1. The van der Waals surface area contributed by atoms with E-state index in [0.29, 0.717) is 21.9 Å². The van der Waals surface area contributed by atoms with Crippen molar-refractivity contribution in [3.05, 3.63) is 63.0 Å². The van der Waals surface area contributed by atoms with E-state index in [1.807, 2.05) is 0 Å². The Morgan fingerprint density at radius 3 is 2.29 bits per heavy atom. The van der Waals surface area contributed by atoms with E-state index in [1.165, 1.54) is 36.0 Å². The van der Waals surface area contributed by atoms with Gasteiger partial charge in [0.15, 0.2) is 0 Å². The van der Waals surface area contributed by atoms with Gasteiger partial charge in [0.2, 0.25) is 0 Å². The van der Waals surface area contributed by atoms with Crippen LogP contribution in [0, 0.1) is 5.92 Å². The molecule has 1 aromatic carbocycles. The molecule has 0 fully saturated rings. The highest BCUT2D eigenvalue weighted by molar-refractivity contribution is 8.08. The fraction of sp³-hybridized carbons (Fsp3) is 0.238. The minimum atomic E-state index is -4.45. The molecule has 34 heavy (non-hydrogen) atoms. The van der Waals surface area contributed by atoms with Gasteiger partial charge in [-0.05, 0) is 36.8 Å². The third-order valence-electron chi connectivity index (χ3n) is 4.72. The summed E-state index contributed by atoms with van der Waals surface area (Å²) in [4.78, 5) is 35.5. The standard InChI is InChI=1S/C21H18F3N3O5S2/c1-10(26-27-20(32)15-7-6-14(34-15)19(31)25-8-16(28)29)13-9-33-18(17(13)30)11-2-4-12(5-3-11)21(22,23)24/h2-7,13,30H,8-9H2,1H3,(H,25,31)(H,27,32)(H,28,29)/b26-10+. The number of aliphatic hydroxyl groups is 1. The summed E-state index contributed by atoms with van der Waals surface area (Å²) >= 11 is 2.12. The van der Waals surface area contributed by atoms with Crippen molar-refractivity contribution in [2.45, 2.75) is 13.1 Å². The summed E-state index contributed by atoms with van der Waals surface area (Å²) in [6, 6.07) is 7.25. The number of carbonyl (C=O) groups is 3. The number of thiophene rings is 1. The zero-order chi connectivity index (χ0) is 25.0. The van der Waals surface area contributed by atoms with Crippen molar-refractivity contribution in [3.8, 4) is 0 Å². The van der Waals surface area contributed by atoms with Crippen molar-refractivity contribution in [1.82, 2.24) is 10.7 Å². The molecule has 1 atom stereocenters. The van der Waals surface area contributed by atoms with E-state index in [1.54, 1.807) is 6.92 Å². The molecule has 0 saturated heterocycles. The van der Waals surface area contributed by atoms with Crippen molar-refractivity contribution in [2.75, 3.05) is 12.3 Å². The molecule has 0 saturated carbocycles. The van der Waals surface area contributed by atoms with Gasteiger partial charge in [-0.2, -0.15) is 18.3 Å². The molecule has 8 nitrogen and oxygen atoms in total. The number of allylic oxidation sites excluding steroid dienone is 1. The lowest BCUT2D eigenvalue weighted by Crippen LogP contribution is -2.28. The first-order valence-corrected chi connectivity index (χ1v) is 11.5. The molecule has 1 unspecified atom stereocenters. The highest BCUT2D eigenvalue weighted by Gasteiger charge is 2.32. The van der Waals surface area contributed by atoms with E-state index in [0.717, 1.165) is 23.5 Å². The Morgan fingerprint density at radius 2 is 1.71 bits per heavy atom. The number of aliphatic hydroxyl groups excluding tert-OH is 1. The summed E-state index contributed by atoms with van der Waals surface area (Å²) in [5.41, 5.74) is 2.39. The second-order valence-electron chi connectivity index (χ2n) is 7.09. The van der Waals surface area contributed by atoms with Crippen molar-refractivity contribution in [1.29, 1.82) is 0 Å². The number of benzene rings is 1. The van der Waals surface area contributed by atoms with E-state index in [4.69, 9.17) is 5.11 Å². The largest absolute Gasteiger partial charge is 0.510 e. The van der Waals surface area contributed by atoms with Gasteiger partial charge in [-0.1, -0.05) is 12.1 Å². The number of carboxylic acids is 1. The molecule has 3 rings (SSSR count). The SMILES string of the molecule is C/C(=N\NC(=O)c1ccc(C(=O)NCC(=O)O)s1)C1CSC(c2ccc(C(F)(F)F)cc2)=C1O. The van der Waals surface area contributed by atoms with Crippen LogP contribution in [0.1, 0.15) is 37.4 Å². The van der Waals surface area contributed by atoms with Gasteiger partial charge in [0, 0.05) is 11.5 Å². The zero-order valence-corrected chi connectivity index (χ0v) is 19.1. The maximum absolute atomic E-state index is 12.8. The molecule has 1 aromatic heterocycles. The Hall–Kier alpha value is -3.32. The fourth-order valence-electron chi connectivity index (χ4n) is 2.93. The Balaban J connectivity index is 1.65. The molecule has 0 spiro atoms. The first-order valence-electron chi connectivity index (χ1n) is 9.65. The van der Waals surface area contributed by atoms with Crippen molar-refractivity contribution in [3.63, 3.8) is 0 Å². The smallest absolute Gasteiger partial charge is 0.416 e. The molecule has 4 N–H and O–H groups in total. The number of hydrogen-bond donors (Lipinski definition) is 4. The maximum Gasteiger partial charge on any atom is 0.416 e. The van der Waals surface area contributed by atoms with Crippen molar-refractivity contribution < 1.29 is 37.8 Å². The van der Waals surface area contributed by atoms with E-state index < -0.39 is 42.0 Å². The van der Waals surface area contributed by atoms with Crippen LogP contribution >= 0.6 is 23.1 Å². The first-order chi connectivity index (χ1) is 16.0. The number of halogens is 3. The minimum absolute atomic E-state index is 0.0474. The molecule has 1 aliphatic heterocycles. The molecular formula is C21H18F3N3O5S2. The van der Waals surface area contributed by atoms with Crippen LogP contribution in [0.4, 0.5) is 13.2 Å². The molecule has 1 aliphatic rings. The Morgan fingerprint density at radius 1 is 1.09 bits per heavy atom. The number of carboxylic acid groups (broad SMARTS) is 1. The molecule has 0 bridgehead atoms. The van der Waals surface area contributed by atoms with Gasteiger partial charge in [0.1, 0.15) is 12.3 Å². The zero-order valence-electron chi connectivity index (χ0n) is 17.5. The second-order valence-corrected chi connectivity index (χ2v) is 9.20. The average molecular weight is 514 g/mol. The lowest BCUT2D eigenvalue weighted by atomic mass is 10.0. The van der Waals surface area contributed by atoms with Crippen LogP contribution in [0.25, 0.3) is 4.91 Å². The van der Waals surface area contributed by atoms with Gasteiger partial charge in [-0.15, -0.1) is 23.1 Å². The maximum atomic E-state index is 12.8. The second kappa shape index (κ2) is 10.3. The number of carbonyl (C=O) groups excluding carboxylic acids is 2. The Kier molecular flexibility index (Phi) is 7.67. The number of nitrogens with zero attached hydrogens (tertiary/aromatic N) is 1.